The molecule has 0 aliphatic heterocycles. The van der Waals surface area contributed by atoms with Crippen molar-refractivity contribution in [3.63, 3.8) is 0 Å². The third-order valence-corrected chi connectivity index (χ3v) is 4.08. The minimum Gasteiger partial charge on any atom is -0.506 e. The predicted molar refractivity (Wildman–Crippen MR) is 94.3 cm³/mol. The number of nitrogens with zero attached hydrogens (tertiary/aromatic N) is 2. The van der Waals surface area contributed by atoms with Gasteiger partial charge in [-0.15, -0.1) is 0 Å². The number of carboxylic acid groups (broad SMARTS) is 1. The van der Waals surface area contributed by atoms with Crippen molar-refractivity contribution in [1.82, 2.24) is 15.3 Å². The van der Waals surface area contributed by atoms with Gasteiger partial charge in [0, 0.05) is 28.0 Å². The highest BCUT2D eigenvalue weighted by molar-refractivity contribution is 9.10. The molecular formula is C17H11BrFN3O4. The fourth-order valence-electron chi connectivity index (χ4n) is 2.47. The molecule has 1 aromatic heterocycles. The average Bonchev–Trinajstić information content (AvgIpc) is 2.59. The van der Waals surface area contributed by atoms with Crippen LogP contribution < -0.4 is 5.32 Å². The van der Waals surface area contributed by atoms with E-state index in [1.165, 1.54) is 30.6 Å². The molecule has 0 fully saturated rings. The number of aromatic nitrogens is 2. The van der Waals surface area contributed by atoms with Crippen LogP contribution in [0.15, 0.2) is 41.1 Å². The van der Waals surface area contributed by atoms with Crippen LogP contribution in [0.2, 0.25) is 0 Å². The fourth-order valence-corrected chi connectivity index (χ4v) is 2.80. The first kappa shape index (κ1) is 17.7. The van der Waals surface area contributed by atoms with Crippen molar-refractivity contribution in [3.05, 3.63) is 52.5 Å². The second-order valence-electron chi connectivity index (χ2n) is 5.27. The van der Waals surface area contributed by atoms with Crippen molar-refractivity contribution in [2.24, 2.45) is 0 Å². The second-order valence-corrected chi connectivity index (χ2v) is 6.19. The molecule has 0 saturated heterocycles. The summed E-state index contributed by atoms with van der Waals surface area (Å²) in [6, 6.07) is 5.66. The molecule has 3 N–H and O–H groups in total. The quantitative estimate of drug-likeness (QED) is 0.599. The van der Waals surface area contributed by atoms with Crippen LogP contribution in [0.4, 0.5) is 4.39 Å². The molecule has 1 heterocycles. The van der Waals surface area contributed by atoms with Gasteiger partial charge >= 0.3 is 5.97 Å². The van der Waals surface area contributed by atoms with E-state index >= 15 is 0 Å². The third-order valence-electron chi connectivity index (χ3n) is 3.58. The Balaban J connectivity index is 2.24. The van der Waals surface area contributed by atoms with Crippen LogP contribution in [0.5, 0.6) is 5.75 Å². The van der Waals surface area contributed by atoms with Gasteiger partial charge in [-0.3, -0.25) is 19.6 Å². The molecular weight excluding hydrogens is 409 g/mol. The van der Waals surface area contributed by atoms with E-state index in [4.69, 9.17) is 5.11 Å². The molecule has 7 nitrogen and oxygen atoms in total. The van der Waals surface area contributed by atoms with Gasteiger partial charge in [-0.25, -0.2) is 4.39 Å². The summed E-state index contributed by atoms with van der Waals surface area (Å²) in [6.07, 6.45) is 2.72. The highest BCUT2D eigenvalue weighted by Crippen LogP contribution is 2.38. The summed E-state index contributed by atoms with van der Waals surface area (Å²) in [5.41, 5.74) is 0.167. The number of phenolic OH excluding ortho intramolecular Hbond substituents is 1. The monoisotopic (exact) mass is 419 g/mol. The molecule has 0 bridgehead atoms. The summed E-state index contributed by atoms with van der Waals surface area (Å²) in [7, 11) is 0. The van der Waals surface area contributed by atoms with Crippen LogP contribution in [0.25, 0.3) is 22.2 Å². The molecule has 1 amide bonds. The maximum absolute atomic E-state index is 14.3. The number of carbonyl (C=O) groups is 2. The molecule has 132 valence electrons. The number of nitrogens with one attached hydrogen (secondary N) is 1. The number of halogens is 2. The fraction of sp³-hybridized carbons (Fsp3) is 0.0588. The SMILES string of the molecule is O=C(O)CNC(=O)c1c(O)c(-c2ccc(Br)cc2F)cc2nccnc12. The zero-order valence-electron chi connectivity index (χ0n) is 13.0. The molecule has 26 heavy (non-hydrogen) atoms. The van der Waals surface area contributed by atoms with Gasteiger partial charge in [0.05, 0.1) is 5.52 Å². The van der Waals surface area contributed by atoms with E-state index in [1.54, 1.807) is 6.07 Å². The number of amides is 1. The van der Waals surface area contributed by atoms with Gasteiger partial charge in [0.25, 0.3) is 5.91 Å². The number of hydrogen-bond donors (Lipinski definition) is 3. The summed E-state index contributed by atoms with van der Waals surface area (Å²) in [5.74, 6) is -3.23. The molecule has 0 aliphatic rings. The lowest BCUT2D eigenvalue weighted by Crippen LogP contribution is -2.29. The summed E-state index contributed by atoms with van der Waals surface area (Å²) in [6.45, 7) is -0.642. The second kappa shape index (κ2) is 7.04. The van der Waals surface area contributed by atoms with Crippen LogP contribution in [0, 0.1) is 5.82 Å². The van der Waals surface area contributed by atoms with E-state index in [9.17, 15) is 19.1 Å². The molecule has 3 rings (SSSR count). The van der Waals surface area contributed by atoms with Crippen LogP contribution in [-0.2, 0) is 4.79 Å². The number of fused-ring (bicyclic) bond motifs is 1. The Bertz CT molecular complexity index is 1040. The Morgan fingerprint density at radius 3 is 2.58 bits per heavy atom. The highest BCUT2D eigenvalue weighted by Gasteiger charge is 2.23. The highest BCUT2D eigenvalue weighted by atomic mass is 79.9. The molecule has 2 aromatic carbocycles. The minimum absolute atomic E-state index is 0.0449. The molecule has 3 aromatic rings. The van der Waals surface area contributed by atoms with Gasteiger partial charge in [-0.05, 0) is 18.2 Å². The van der Waals surface area contributed by atoms with Crippen LogP contribution in [0.3, 0.4) is 0 Å². The Labute approximate surface area is 154 Å². The van der Waals surface area contributed by atoms with Crippen molar-refractivity contribution < 1.29 is 24.2 Å². The van der Waals surface area contributed by atoms with Gasteiger partial charge in [-0.1, -0.05) is 22.0 Å². The van der Waals surface area contributed by atoms with Crippen molar-refractivity contribution in [1.29, 1.82) is 0 Å². The van der Waals surface area contributed by atoms with Gasteiger partial charge in [-0.2, -0.15) is 0 Å². The maximum atomic E-state index is 14.3. The summed E-state index contributed by atoms with van der Waals surface area (Å²) < 4.78 is 14.9. The number of carboxylic acids is 1. The summed E-state index contributed by atoms with van der Waals surface area (Å²) in [4.78, 5) is 31.2. The zero-order valence-corrected chi connectivity index (χ0v) is 14.6. The van der Waals surface area contributed by atoms with E-state index in [0.717, 1.165) is 0 Å². The number of rotatable bonds is 4. The molecule has 0 spiro atoms. The third kappa shape index (κ3) is 3.33. The minimum atomic E-state index is -1.25. The maximum Gasteiger partial charge on any atom is 0.322 e. The van der Waals surface area contributed by atoms with Gasteiger partial charge < -0.3 is 15.5 Å². The lowest BCUT2D eigenvalue weighted by molar-refractivity contribution is -0.135. The lowest BCUT2D eigenvalue weighted by Gasteiger charge is -2.13. The van der Waals surface area contributed by atoms with Crippen LogP contribution in [0.1, 0.15) is 10.4 Å². The number of aromatic hydroxyl groups is 1. The van der Waals surface area contributed by atoms with Gasteiger partial charge in [0.1, 0.15) is 29.2 Å². The first-order valence-corrected chi connectivity index (χ1v) is 8.10. The normalized spacial score (nSPS) is 10.7. The molecule has 0 aliphatic carbocycles. The van der Waals surface area contributed by atoms with Crippen LogP contribution >= 0.6 is 15.9 Å². The molecule has 0 unspecified atom stereocenters. The molecule has 9 heteroatoms. The topological polar surface area (TPSA) is 112 Å². The lowest BCUT2D eigenvalue weighted by atomic mass is 9.98. The number of benzene rings is 2. The Kier molecular flexibility index (Phi) is 4.81. The van der Waals surface area contributed by atoms with E-state index < -0.39 is 30.0 Å². The number of aliphatic carboxylic acids is 1. The van der Waals surface area contributed by atoms with Crippen LogP contribution in [-0.4, -0.2) is 38.6 Å². The average molecular weight is 420 g/mol. The van der Waals surface area contributed by atoms with Gasteiger partial charge in [0.15, 0.2) is 0 Å². The van der Waals surface area contributed by atoms with Gasteiger partial charge in [0.2, 0.25) is 0 Å². The first-order valence-electron chi connectivity index (χ1n) is 7.30. The van der Waals surface area contributed by atoms with Crippen molar-refractivity contribution in [2.45, 2.75) is 0 Å². The van der Waals surface area contributed by atoms with Crippen molar-refractivity contribution in [2.75, 3.05) is 6.54 Å². The number of hydrogen-bond acceptors (Lipinski definition) is 5. The smallest absolute Gasteiger partial charge is 0.322 e. The summed E-state index contributed by atoms with van der Waals surface area (Å²) >= 11 is 3.15. The molecule has 0 saturated carbocycles. The largest absolute Gasteiger partial charge is 0.506 e. The van der Waals surface area contributed by atoms with Crippen molar-refractivity contribution in [3.8, 4) is 16.9 Å². The van der Waals surface area contributed by atoms with E-state index in [1.807, 2.05) is 0 Å². The zero-order chi connectivity index (χ0) is 18.8. The Hall–Kier alpha value is -3.07. The van der Waals surface area contributed by atoms with Crippen molar-refractivity contribution >= 4 is 38.8 Å². The first-order chi connectivity index (χ1) is 12.4. The molecule has 0 atom stereocenters. The van der Waals surface area contributed by atoms with E-state index in [2.05, 4.69) is 31.2 Å². The van der Waals surface area contributed by atoms with E-state index in [-0.39, 0.29) is 27.7 Å². The van der Waals surface area contributed by atoms with E-state index in [0.29, 0.717) is 4.47 Å². The molecule has 0 radical (unpaired) electrons. The number of carbonyl (C=O) groups excluding carboxylic acids is 1. The Morgan fingerprint density at radius 1 is 1.15 bits per heavy atom. The summed E-state index contributed by atoms with van der Waals surface area (Å²) in [5, 5.41) is 21.5. The predicted octanol–water partition coefficient (Wildman–Crippen LogP) is 2.72. The Morgan fingerprint density at radius 2 is 1.88 bits per heavy atom. The number of phenols is 1. The standard InChI is InChI=1S/C17H11BrFN3O4/c18-8-1-2-9(11(19)5-8)10-6-12-15(21-4-3-20-12)14(16(10)25)17(26)22-7-13(23)24/h1-6,25H,7H2,(H,22,26)(H,23,24).